The summed E-state index contributed by atoms with van der Waals surface area (Å²) < 4.78 is 32.9. The monoisotopic (exact) mass is 407 g/mol. The maximum absolute atomic E-state index is 12.8. The highest BCUT2D eigenvalue weighted by molar-refractivity contribution is 7.89. The van der Waals surface area contributed by atoms with Crippen LogP contribution in [0.1, 0.15) is 39.0 Å². The molecular weight excluding hydrogens is 382 g/mol. The van der Waals surface area contributed by atoms with Crippen molar-refractivity contribution in [1.29, 1.82) is 0 Å². The van der Waals surface area contributed by atoms with Crippen molar-refractivity contribution in [1.82, 2.24) is 15.0 Å². The van der Waals surface area contributed by atoms with Gasteiger partial charge in [0.2, 0.25) is 10.0 Å². The summed E-state index contributed by atoms with van der Waals surface area (Å²) in [5, 5.41) is 3.74. The number of rotatable bonds is 7. The van der Waals surface area contributed by atoms with Crippen LogP contribution in [0.25, 0.3) is 10.9 Å². The van der Waals surface area contributed by atoms with Gasteiger partial charge in [-0.05, 0) is 44.0 Å². The SMILES string of the molecule is CCC(NS(=O)(=O)c1cccc2[nH]ccc12)C(=O)OC(=O)CC1CCCCN1. The van der Waals surface area contributed by atoms with E-state index >= 15 is 0 Å². The lowest BCUT2D eigenvalue weighted by Crippen LogP contribution is -2.43. The Balaban J connectivity index is 1.66. The van der Waals surface area contributed by atoms with Gasteiger partial charge in [0.1, 0.15) is 6.04 Å². The van der Waals surface area contributed by atoms with Crippen LogP contribution < -0.4 is 10.0 Å². The number of carbonyl (C=O) groups is 2. The molecule has 2 unspecified atom stereocenters. The van der Waals surface area contributed by atoms with E-state index in [-0.39, 0.29) is 23.8 Å². The van der Waals surface area contributed by atoms with Gasteiger partial charge in [0.15, 0.2) is 0 Å². The molecule has 0 bridgehead atoms. The largest absolute Gasteiger partial charge is 0.392 e. The number of ether oxygens (including phenoxy) is 1. The Morgan fingerprint density at radius 3 is 2.82 bits per heavy atom. The fraction of sp³-hybridized carbons (Fsp3) is 0.474. The fourth-order valence-corrected chi connectivity index (χ4v) is 4.85. The van der Waals surface area contributed by atoms with Gasteiger partial charge < -0.3 is 15.0 Å². The summed E-state index contributed by atoms with van der Waals surface area (Å²) in [5.74, 6) is -1.53. The molecule has 2 aromatic rings. The number of aromatic nitrogens is 1. The molecule has 2 atom stereocenters. The van der Waals surface area contributed by atoms with E-state index in [2.05, 4.69) is 15.0 Å². The molecule has 0 amide bonds. The summed E-state index contributed by atoms with van der Waals surface area (Å²) in [6.07, 6.45) is 4.85. The number of H-pyrrole nitrogens is 1. The van der Waals surface area contributed by atoms with Crippen LogP contribution in [0.4, 0.5) is 0 Å². The minimum absolute atomic E-state index is 0.00277. The first-order valence-corrected chi connectivity index (χ1v) is 11.0. The Morgan fingerprint density at radius 2 is 2.11 bits per heavy atom. The highest BCUT2D eigenvalue weighted by Gasteiger charge is 2.29. The molecule has 1 aliphatic heterocycles. The zero-order valence-corrected chi connectivity index (χ0v) is 16.6. The zero-order chi connectivity index (χ0) is 20.1. The summed E-state index contributed by atoms with van der Waals surface area (Å²) >= 11 is 0. The number of fused-ring (bicyclic) bond motifs is 1. The molecule has 0 spiro atoms. The van der Waals surface area contributed by atoms with Crippen LogP contribution in [0, 0.1) is 0 Å². The maximum Gasteiger partial charge on any atom is 0.331 e. The van der Waals surface area contributed by atoms with E-state index < -0.39 is 28.0 Å². The van der Waals surface area contributed by atoms with Crippen LogP contribution in [-0.4, -0.2) is 44.0 Å². The van der Waals surface area contributed by atoms with E-state index in [0.717, 1.165) is 25.8 Å². The molecule has 3 N–H and O–H groups in total. The average molecular weight is 407 g/mol. The van der Waals surface area contributed by atoms with Crippen molar-refractivity contribution >= 4 is 32.9 Å². The second-order valence-electron chi connectivity index (χ2n) is 6.92. The molecule has 0 radical (unpaired) electrons. The van der Waals surface area contributed by atoms with Gasteiger partial charge in [0.25, 0.3) is 0 Å². The predicted molar refractivity (Wildman–Crippen MR) is 104 cm³/mol. The van der Waals surface area contributed by atoms with Crippen LogP contribution in [0.15, 0.2) is 35.4 Å². The van der Waals surface area contributed by atoms with Crippen LogP contribution >= 0.6 is 0 Å². The quantitative estimate of drug-likeness (QED) is 0.476. The molecular formula is C19H25N3O5S. The van der Waals surface area contributed by atoms with Crippen molar-refractivity contribution in [2.24, 2.45) is 0 Å². The molecule has 9 heteroatoms. The Bertz CT molecular complexity index is 947. The van der Waals surface area contributed by atoms with E-state index in [1.165, 1.54) is 6.07 Å². The maximum atomic E-state index is 12.8. The smallest absolute Gasteiger partial charge is 0.331 e. The van der Waals surface area contributed by atoms with E-state index in [0.29, 0.717) is 10.9 Å². The van der Waals surface area contributed by atoms with E-state index in [1.54, 1.807) is 31.3 Å². The number of aromatic amines is 1. The Labute approximate surface area is 164 Å². The topological polar surface area (TPSA) is 117 Å². The highest BCUT2D eigenvalue weighted by Crippen LogP contribution is 2.22. The van der Waals surface area contributed by atoms with Gasteiger partial charge >= 0.3 is 11.9 Å². The third-order valence-corrected chi connectivity index (χ3v) is 6.40. The minimum atomic E-state index is -3.97. The predicted octanol–water partition coefficient (Wildman–Crippen LogP) is 1.83. The third-order valence-electron chi connectivity index (χ3n) is 4.87. The normalized spacial score (nSPS) is 18.7. The van der Waals surface area contributed by atoms with Crippen molar-refractivity contribution in [3.8, 4) is 0 Å². The van der Waals surface area contributed by atoms with Gasteiger partial charge in [-0.15, -0.1) is 0 Å². The van der Waals surface area contributed by atoms with Gasteiger partial charge in [0, 0.05) is 23.1 Å². The summed E-state index contributed by atoms with van der Waals surface area (Å²) in [7, 11) is -3.97. The number of esters is 2. The standard InChI is InChI=1S/C19H25N3O5S/c1-2-15(19(24)27-18(23)12-13-6-3-4-10-20-13)22-28(25,26)17-8-5-7-16-14(17)9-11-21-16/h5,7-9,11,13,15,20-22H,2-4,6,10,12H2,1H3. The first kappa shape index (κ1) is 20.5. The molecule has 1 aromatic carbocycles. The molecule has 2 heterocycles. The van der Waals surface area contributed by atoms with Gasteiger partial charge in [-0.1, -0.05) is 19.4 Å². The lowest BCUT2D eigenvalue weighted by molar-refractivity contribution is -0.161. The fourth-order valence-electron chi connectivity index (χ4n) is 3.36. The lowest BCUT2D eigenvalue weighted by Gasteiger charge is -2.22. The van der Waals surface area contributed by atoms with Crippen molar-refractivity contribution in [2.45, 2.75) is 56.0 Å². The number of hydrogen-bond donors (Lipinski definition) is 3. The van der Waals surface area contributed by atoms with E-state index in [1.807, 2.05) is 0 Å². The molecule has 1 aliphatic rings. The zero-order valence-electron chi connectivity index (χ0n) is 15.7. The third kappa shape index (κ3) is 4.78. The molecule has 0 aliphatic carbocycles. The number of nitrogens with one attached hydrogen (secondary N) is 3. The number of sulfonamides is 1. The summed E-state index contributed by atoms with van der Waals surface area (Å²) in [6.45, 7) is 2.49. The molecule has 28 heavy (non-hydrogen) atoms. The second-order valence-corrected chi connectivity index (χ2v) is 8.60. The highest BCUT2D eigenvalue weighted by atomic mass is 32.2. The van der Waals surface area contributed by atoms with Gasteiger partial charge in [0.05, 0.1) is 11.3 Å². The molecule has 3 rings (SSSR count). The molecule has 8 nitrogen and oxygen atoms in total. The Morgan fingerprint density at radius 1 is 1.29 bits per heavy atom. The van der Waals surface area contributed by atoms with Gasteiger partial charge in [-0.3, -0.25) is 4.79 Å². The first-order valence-electron chi connectivity index (χ1n) is 9.47. The lowest BCUT2D eigenvalue weighted by atomic mass is 10.0. The molecule has 1 aromatic heterocycles. The van der Waals surface area contributed by atoms with Crippen molar-refractivity contribution in [2.75, 3.05) is 6.54 Å². The molecule has 152 valence electrons. The number of benzene rings is 1. The summed E-state index contributed by atoms with van der Waals surface area (Å²) in [5.41, 5.74) is 0.675. The van der Waals surface area contributed by atoms with Crippen LogP contribution in [0.3, 0.4) is 0 Å². The van der Waals surface area contributed by atoms with Crippen LogP contribution in [-0.2, 0) is 24.3 Å². The van der Waals surface area contributed by atoms with Crippen LogP contribution in [0.5, 0.6) is 0 Å². The summed E-state index contributed by atoms with van der Waals surface area (Å²) in [6, 6.07) is 5.37. The molecule has 1 saturated heterocycles. The van der Waals surface area contributed by atoms with Crippen LogP contribution in [0.2, 0.25) is 0 Å². The Kier molecular flexibility index (Phi) is 6.48. The number of carbonyl (C=O) groups excluding carboxylic acids is 2. The second kappa shape index (κ2) is 8.85. The number of hydrogen-bond acceptors (Lipinski definition) is 6. The molecule has 1 fully saturated rings. The van der Waals surface area contributed by atoms with Crippen molar-refractivity contribution < 1.29 is 22.7 Å². The first-order chi connectivity index (χ1) is 13.4. The summed E-state index contributed by atoms with van der Waals surface area (Å²) in [4.78, 5) is 27.4. The van der Waals surface area contributed by atoms with Gasteiger partial charge in [-0.25, -0.2) is 13.2 Å². The van der Waals surface area contributed by atoms with E-state index in [4.69, 9.17) is 4.74 Å². The number of piperidine rings is 1. The van der Waals surface area contributed by atoms with E-state index in [9.17, 15) is 18.0 Å². The van der Waals surface area contributed by atoms with Gasteiger partial charge in [-0.2, -0.15) is 4.72 Å². The Hall–Kier alpha value is -2.23. The average Bonchev–Trinajstić information content (AvgIpc) is 3.15. The van der Waals surface area contributed by atoms with Crippen molar-refractivity contribution in [3.63, 3.8) is 0 Å². The van der Waals surface area contributed by atoms with Crippen molar-refractivity contribution in [3.05, 3.63) is 30.5 Å². The minimum Gasteiger partial charge on any atom is -0.392 e. The molecule has 0 saturated carbocycles.